The van der Waals surface area contributed by atoms with E-state index in [9.17, 15) is 28.8 Å². The van der Waals surface area contributed by atoms with Crippen molar-refractivity contribution in [3.63, 3.8) is 0 Å². The number of hydrogen-bond acceptors (Lipinski definition) is 6. The zero-order valence-electron chi connectivity index (χ0n) is 27.6. The van der Waals surface area contributed by atoms with Crippen LogP contribution in [0.15, 0.2) is 35.3 Å². The van der Waals surface area contributed by atoms with Crippen LogP contribution in [0, 0.1) is 5.92 Å². The Balaban J connectivity index is 1.76. The summed E-state index contributed by atoms with van der Waals surface area (Å²) in [4.78, 5) is 83.3. The van der Waals surface area contributed by atoms with Crippen LogP contribution in [0.25, 0.3) is 10.9 Å². The Morgan fingerprint density at radius 2 is 1.67 bits per heavy atom. The van der Waals surface area contributed by atoms with Gasteiger partial charge in [-0.2, -0.15) is 0 Å². The molecule has 2 fully saturated rings. The molecule has 0 aliphatic carbocycles. The molecule has 3 heterocycles. The lowest BCUT2D eigenvalue weighted by Crippen LogP contribution is -2.63. The van der Waals surface area contributed by atoms with Crippen molar-refractivity contribution in [3.05, 3.63) is 46.2 Å². The summed E-state index contributed by atoms with van der Waals surface area (Å²) >= 11 is 0. The summed E-state index contributed by atoms with van der Waals surface area (Å²) in [5.41, 5.74) is 0.392. The van der Waals surface area contributed by atoms with E-state index in [-0.39, 0.29) is 29.6 Å². The Labute approximate surface area is 270 Å². The second kappa shape index (κ2) is 16.0. The highest BCUT2D eigenvalue weighted by Crippen LogP contribution is 2.24. The molecule has 5 atom stereocenters. The number of nitrogens with one attached hydrogen (secondary N) is 3. The summed E-state index contributed by atoms with van der Waals surface area (Å²) in [6.45, 7) is 8.43. The van der Waals surface area contributed by atoms with Gasteiger partial charge < -0.3 is 25.4 Å². The van der Waals surface area contributed by atoms with Crippen molar-refractivity contribution in [1.82, 2.24) is 25.4 Å². The standard InChI is InChI=1S/C35H49N5O6/c1-5-22(4)29-35(46)40-20-14-13-19-28(40)33(44)36-26(17-10-8-9-15-23(41)6-2)32(43)38-30(34(45)37-29)25-21-39(7-3)27-18-12-11-16-24(27)31(25)42/h11-12,16,18,21-22,26,28-30H,5-10,13-15,17,19-20H2,1-4H3,(H,36,44)(H,37,45)(H,38,43)/t22?,26-,28+,29?,30-/m0/s1. The van der Waals surface area contributed by atoms with Crippen molar-refractivity contribution in [1.29, 1.82) is 0 Å². The first-order chi connectivity index (χ1) is 22.1. The number of unbranched alkanes of at least 4 members (excludes halogenated alkanes) is 2. The van der Waals surface area contributed by atoms with Crippen LogP contribution in [0.4, 0.5) is 0 Å². The van der Waals surface area contributed by atoms with E-state index in [0.29, 0.717) is 68.9 Å². The molecular formula is C35H49N5O6. The predicted octanol–water partition coefficient (Wildman–Crippen LogP) is 3.52. The van der Waals surface area contributed by atoms with Gasteiger partial charge in [0.15, 0.2) is 5.43 Å². The summed E-state index contributed by atoms with van der Waals surface area (Å²) in [6.07, 6.45) is 7.28. The molecule has 3 N–H and O–H groups in total. The van der Waals surface area contributed by atoms with Crippen molar-refractivity contribution in [2.75, 3.05) is 6.54 Å². The van der Waals surface area contributed by atoms with Gasteiger partial charge in [0, 0.05) is 43.1 Å². The molecule has 11 nitrogen and oxygen atoms in total. The largest absolute Gasteiger partial charge is 0.347 e. The second-order valence-corrected chi connectivity index (χ2v) is 12.6. The SMILES string of the molecule is CCC(=O)CCCCC[C@@H]1NC(=O)[C@H]2CCCCN2C(=O)C(C(C)CC)NC(=O)[C@H](c2cn(CC)c3ccccc3c2=O)NC1=O. The van der Waals surface area contributed by atoms with E-state index in [4.69, 9.17) is 0 Å². The average molecular weight is 636 g/mol. The minimum absolute atomic E-state index is 0.0813. The number of amides is 4. The highest BCUT2D eigenvalue weighted by molar-refractivity contribution is 5.98. The highest BCUT2D eigenvalue weighted by atomic mass is 16.2. The number of carbonyl (C=O) groups excluding carboxylic acids is 5. The van der Waals surface area contributed by atoms with E-state index in [0.717, 1.165) is 12.8 Å². The van der Waals surface area contributed by atoms with E-state index < -0.39 is 47.3 Å². The van der Waals surface area contributed by atoms with Gasteiger partial charge in [0.05, 0.1) is 5.52 Å². The Morgan fingerprint density at radius 1 is 0.913 bits per heavy atom. The molecule has 2 aliphatic rings. The Kier molecular flexibility index (Phi) is 12.1. The number of para-hydroxylation sites is 1. The number of piperidine rings is 1. The summed E-state index contributed by atoms with van der Waals surface area (Å²) in [6, 6.07) is 3.00. The monoisotopic (exact) mass is 635 g/mol. The van der Waals surface area contributed by atoms with Gasteiger partial charge in [0.25, 0.3) is 0 Å². The molecule has 4 amide bonds. The molecule has 2 aliphatic heterocycles. The maximum atomic E-state index is 14.2. The summed E-state index contributed by atoms with van der Waals surface area (Å²) in [5, 5.41) is 9.01. The molecule has 1 aromatic heterocycles. The first-order valence-corrected chi connectivity index (χ1v) is 17.0. The molecule has 46 heavy (non-hydrogen) atoms. The minimum Gasteiger partial charge on any atom is -0.347 e. The third-order valence-electron chi connectivity index (χ3n) is 9.56. The zero-order valence-corrected chi connectivity index (χ0v) is 27.6. The number of ketones is 1. The Bertz CT molecular complexity index is 1500. The maximum Gasteiger partial charge on any atom is 0.248 e. The molecule has 0 radical (unpaired) electrons. The number of carbonyl (C=O) groups is 5. The number of benzene rings is 1. The van der Waals surface area contributed by atoms with Gasteiger partial charge in [-0.25, -0.2) is 0 Å². The first kappa shape index (κ1) is 34.8. The number of nitrogens with zero attached hydrogens (tertiary/aromatic N) is 2. The van der Waals surface area contributed by atoms with Gasteiger partial charge in [-0.15, -0.1) is 0 Å². The van der Waals surface area contributed by atoms with Crippen molar-refractivity contribution >= 4 is 40.3 Å². The third-order valence-corrected chi connectivity index (χ3v) is 9.56. The van der Waals surface area contributed by atoms with Crippen molar-refractivity contribution < 1.29 is 24.0 Å². The smallest absolute Gasteiger partial charge is 0.248 e. The molecule has 1 aromatic carbocycles. The fraction of sp³-hybridized carbons (Fsp3) is 0.600. The van der Waals surface area contributed by atoms with Crippen LogP contribution in [-0.2, 0) is 30.5 Å². The number of rotatable bonds is 11. The van der Waals surface area contributed by atoms with Gasteiger partial charge in [-0.05, 0) is 57.1 Å². The molecule has 250 valence electrons. The Morgan fingerprint density at radius 3 is 2.39 bits per heavy atom. The van der Waals surface area contributed by atoms with E-state index in [2.05, 4.69) is 16.0 Å². The van der Waals surface area contributed by atoms with Crippen molar-refractivity contribution in [3.8, 4) is 0 Å². The fourth-order valence-corrected chi connectivity index (χ4v) is 6.49. The molecule has 0 bridgehead atoms. The third kappa shape index (κ3) is 7.85. The highest BCUT2D eigenvalue weighted by Gasteiger charge is 2.41. The average Bonchev–Trinajstić information content (AvgIpc) is 3.07. The number of pyridine rings is 1. The van der Waals surface area contributed by atoms with Crippen LogP contribution in [-0.4, -0.2) is 63.5 Å². The normalized spacial score (nSPS) is 23.4. The molecule has 11 heteroatoms. The molecule has 0 spiro atoms. The van der Waals surface area contributed by atoms with Crippen LogP contribution in [0.2, 0.25) is 0 Å². The number of Topliss-reactive ketones (excluding diaryl/α,β-unsaturated/α-hetero) is 1. The Hall–Kier alpha value is -4.02. The maximum absolute atomic E-state index is 14.2. The van der Waals surface area contributed by atoms with E-state index >= 15 is 0 Å². The van der Waals surface area contributed by atoms with Gasteiger partial charge in [0.1, 0.15) is 30.0 Å². The van der Waals surface area contributed by atoms with Crippen LogP contribution in [0.5, 0.6) is 0 Å². The number of fused-ring (bicyclic) bond motifs is 2. The summed E-state index contributed by atoms with van der Waals surface area (Å²) in [5.74, 6) is -2.06. The van der Waals surface area contributed by atoms with Gasteiger partial charge in [-0.3, -0.25) is 28.8 Å². The zero-order chi connectivity index (χ0) is 33.4. The quantitative estimate of drug-likeness (QED) is 0.322. The fourth-order valence-electron chi connectivity index (χ4n) is 6.49. The van der Waals surface area contributed by atoms with Gasteiger partial charge in [0.2, 0.25) is 23.6 Å². The van der Waals surface area contributed by atoms with Crippen LogP contribution >= 0.6 is 0 Å². The molecule has 2 aromatic rings. The van der Waals surface area contributed by atoms with Crippen molar-refractivity contribution in [2.24, 2.45) is 5.92 Å². The molecular weight excluding hydrogens is 586 g/mol. The number of aryl methyl sites for hydroxylation is 1. The lowest BCUT2D eigenvalue weighted by Gasteiger charge is -2.39. The summed E-state index contributed by atoms with van der Waals surface area (Å²) < 4.78 is 1.86. The number of aromatic nitrogens is 1. The van der Waals surface area contributed by atoms with Crippen LogP contribution in [0.1, 0.15) is 104 Å². The van der Waals surface area contributed by atoms with Gasteiger partial charge >= 0.3 is 0 Å². The van der Waals surface area contributed by atoms with Crippen molar-refractivity contribution in [2.45, 2.75) is 123 Å². The molecule has 2 unspecified atom stereocenters. The van der Waals surface area contributed by atoms with E-state index in [1.165, 1.54) is 0 Å². The number of hydrogen-bond donors (Lipinski definition) is 3. The first-order valence-electron chi connectivity index (χ1n) is 17.0. The van der Waals surface area contributed by atoms with Crippen LogP contribution in [0.3, 0.4) is 0 Å². The second-order valence-electron chi connectivity index (χ2n) is 12.6. The molecule has 2 saturated heterocycles. The van der Waals surface area contributed by atoms with E-state index in [1.807, 2.05) is 44.4 Å². The van der Waals surface area contributed by atoms with E-state index in [1.54, 1.807) is 23.2 Å². The minimum atomic E-state index is -1.40. The summed E-state index contributed by atoms with van der Waals surface area (Å²) in [7, 11) is 0. The molecule has 0 saturated carbocycles. The van der Waals surface area contributed by atoms with Crippen LogP contribution < -0.4 is 21.4 Å². The predicted molar refractivity (Wildman–Crippen MR) is 176 cm³/mol. The lowest BCUT2D eigenvalue weighted by molar-refractivity contribution is -0.147. The topological polar surface area (TPSA) is 147 Å². The molecule has 4 rings (SSSR count). The lowest BCUT2D eigenvalue weighted by atomic mass is 9.93. The van der Waals surface area contributed by atoms with Gasteiger partial charge in [-0.1, -0.05) is 52.2 Å².